The molecule has 70 valence electrons. The molecule has 3 rings (SSSR count). The van der Waals surface area contributed by atoms with Gasteiger partial charge in [0, 0.05) is 12.3 Å². The van der Waals surface area contributed by atoms with Gasteiger partial charge in [-0.2, -0.15) is 4.98 Å². The second kappa shape index (κ2) is 2.56. The smallest absolute Gasteiger partial charge is 0.226 e. The zero-order valence-electron chi connectivity index (χ0n) is 7.86. The van der Waals surface area contributed by atoms with E-state index >= 15 is 0 Å². The van der Waals surface area contributed by atoms with Crippen LogP contribution in [-0.4, -0.2) is 10.1 Å². The van der Waals surface area contributed by atoms with E-state index in [2.05, 4.69) is 17.1 Å². The van der Waals surface area contributed by atoms with Gasteiger partial charge in [-0.25, -0.2) is 0 Å². The van der Waals surface area contributed by atoms with E-state index in [9.17, 15) is 0 Å². The van der Waals surface area contributed by atoms with Gasteiger partial charge in [-0.1, -0.05) is 12.1 Å². The fraction of sp³-hybridized carbons (Fsp3) is 0.800. The molecule has 0 saturated heterocycles. The van der Waals surface area contributed by atoms with Crippen molar-refractivity contribution in [2.45, 2.75) is 38.5 Å². The Labute approximate surface area is 77.5 Å². The predicted octanol–water partition coefficient (Wildman–Crippen LogP) is 2.15. The van der Waals surface area contributed by atoms with Gasteiger partial charge < -0.3 is 4.52 Å². The Morgan fingerprint density at radius 1 is 1.46 bits per heavy atom. The fourth-order valence-electron chi connectivity index (χ4n) is 1.75. The third-order valence-electron chi connectivity index (χ3n) is 3.09. The molecule has 2 fully saturated rings. The van der Waals surface area contributed by atoms with Crippen molar-refractivity contribution in [3.8, 4) is 0 Å². The lowest BCUT2D eigenvalue weighted by atomic mass is 10.3. The van der Waals surface area contributed by atoms with Crippen LogP contribution in [0.4, 0.5) is 0 Å². The summed E-state index contributed by atoms with van der Waals surface area (Å²) >= 11 is 0. The quantitative estimate of drug-likeness (QED) is 0.711. The van der Waals surface area contributed by atoms with E-state index in [1.54, 1.807) is 0 Å². The van der Waals surface area contributed by atoms with Crippen molar-refractivity contribution in [3.63, 3.8) is 0 Å². The second-order valence-corrected chi connectivity index (χ2v) is 4.51. The summed E-state index contributed by atoms with van der Waals surface area (Å²) in [6.07, 6.45) is 4.94. The Morgan fingerprint density at radius 2 is 2.23 bits per heavy atom. The van der Waals surface area contributed by atoms with Gasteiger partial charge in [-0.15, -0.1) is 0 Å². The van der Waals surface area contributed by atoms with Gasteiger partial charge in [0.15, 0.2) is 5.82 Å². The molecule has 0 aromatic carbocycles. The molecule has 0 radical (unpaired) electrons. The summed E-state index contributed by atoms with van der Waals surface area (Å²) in [5.41, 5.74) is 0. The number of nitrogens with zero attached hydrogens (tertiary/aromatic N) is 2. The molecule has 0 N–H and O–H groups in total. The molecule has 2 aliphatic rings. The van der Waals surface area contributed by atoms with Crippen LogP contribution in [0.25, 0.3) is 0 Å². The summed E-state index contributed by atoms with van der Waals surface area (Å²) in [6.45, 7) is 2.24. The van der Waals surface area contributed by atoms with Crippen molar-refractivity contribution in [2.75, 3.05) is 0 Å². The van der Waals surface area contributed by atoms with Crippen LogP contribution < -0.4 is 0 Å². The summed E-state index contributed by atoms with van der Waals surface area (Å²) < 4.78 is 5.20. The number of hydrogen-bond acceptors (Lipinski definition) is 3. The molecule has 0 amide bonds. The van der Waals surface area contributed by atoms with E-state index in [0.29, 0.717) is 5.92 Å². The Balaban J connectivity index is 1.70. The third kappa shape index (κ3) is 1.47. The molecule has 3 nitrogen and oxygen atoms in total. The van der Waals surface area contributed by atoms with Crippen LogP contribution in [0.5, 0.6) is 0 Å². The molecular formula is C10H14N2O. The molecule has 2 atom stereocenters. The molecule has 13 heavy (non-hydrogen) atoms. The summed E-state index contributed by atoms with van der Waals surface area (Å²) in [6, 6.07) is 0. The first kappa shape index (κ1) is 7.54. The topological polar surface area (TPSA) is 38.9 Å². The standard InChI is InChI=1S/C10H14N2O/c1-6-4-8(6)10-11-9(13-12-10)5-7-2-3-7/h6-8H,2-5H2,1H3. The number of aromatic nitrogens is 2. The Kier molecular flexibility index (Phi) is 1.49. The molecule has 2 aliphatic carbocycles. The lowest BCUT2D eigenvalue weighted by molar-refractivity contribution is 0.367. The highest BCUT2D eigenvalue weighted by Gasteiger charge is 2.38. The SMILES string of the molecule is CC1CC1c1noc(CC2CC2)n1. The minimum Gasteiger partial charge on any atom is -0.339 e. The van der Waals surface area contributed by atoms with E-state index in [0.717, 1.165) is 30.0 Å². The van der Waals surface area contributed by atoms with Gasteiger partial charge in [0.2, 0.25) is 5.89 Å². The average Bonchev–Trinajstić information content (AvgIpc) is 2.97. The van der Waals surface area contributed by atoms with Crippen molar-refractivity contribution >= 4 is 0 Å². The highest BCUT2D eigenvalue weighted by molar-refractivity contribution is 5.07. The highest BCUT2D eigenvalue weighted by Crippen LogP contribution is 2.45. The molecule has 2 saturated carbocycles. The molecule has 1 aromatic rings. The number of hydrogen-bond donors (Lipinski definition) is 0. The van der Waals surface area contributed by atoms with Crippen molar-refractivity contribution in [2.24, 2.45) is 11.8 Å². The van der Waals surface area contributed by atoms with Gasteiger partial charge in [0.25, 0.3) is 0 Å². The Morgan fingerprint density at radius 3 is 2.85 bits per heavy atom. The first-order valence-corrected chi connectivity index (χ1v) is 5.15. The normalized spacial score (nSPS) is 32.1. The lowest BCUT2D eigenvalue weighted by Crippen LogP contribution is -1.88. The van der Waals surface area contributed by atoms with Crippen LogP contribution in [0, 0.1) is 11.8 Å². The zero-order chi connectivity index (χ0) is 8.84. The molecular weight excluding hydrogens is 164 g/mol. The van der Waals surface area contributed by atoms with Crippen LogP contribution in [0.3, 0.4) is 0 Å². The van der Waals surface area contributed by atoms with E-state index in [4.69, 9.17) is 4.52 Å². The molecule has 2 unspecified atom stereocenters. The second-order valence-electron chi connectivity index (χ2n) is 4.51. The third-order valence-corrected chi connectivity index (χ3v) is 3.09. The Bertz CT molecular complexity index is 316. The molecule has 0 aliphatic heterocycles. The van der Waals surface area contributed by atoms with E-state index in [1.807, 2.05) is 0 Å². The van der Waals surface area contributed by atoms with Gasteiger partial charge >= 0.3 is 0 Å². The fourth-order valence-corrected chi connectivity index (χ4v) is 1.75. The molecule has 1 heterocycles. The maximum Gasteiger partial charge on any atom is 0.226 e. The van der Waals surface area contributed by atoms with Crippen LogP contribution in [-0.2, 0) is 6.42 Å². The maximum atomic E-state index is 5.20. The maximum absolute atomic E-state index is 5.20. The zero-order valence-corrected chi connectivity index (χ0v) is 7.86. The first-order chi connectivity index (χ1) is 6.33. The Hall–Kier alpha value is -0.860. The molecule has 0 spiro atoms. The van der Waals surface area contributed by atoms with Gasteiger partial charge in [0.05, 0.1) is 0 Å². The molecule has 1 aromatic heterocycles. The summed E-state index contributed by atoms with van der Waals surface area (Å²) in [7, 11) is 0. The highest BCUT2D eigenvalue weighted by atomic mass is 16.5. The van der Waals surface area contributed by atoms with Gasteiger partial charge in [0.1, 0.15) is 0 Å². The summed E-state index contributed by atoms with van der Waals surface area (Å²) in [5.74, 6) is 4.01. The van der Waals surface area contributed by atoms with Crippen molar-refractivity contribution < 1.29 is 4.52 Å². The minimum absolute atomic E-state index is 0.594. The summed E-state index contributed by atoms with van der Waals surface area (Å²) in [4.78, 5) is 4.43. The molecule has 3 heteroatoms. The van der Waals surface area contributed by atoms with Crippen LogP contribution in [0.2, 0.25) is 0 Å². The predicted molar refractivity (Wildman–Crippen MR) is 47.2 cm³/mol. The number of rotatable bonds is 3. The monoisotopic (exact) mass is 178 g/mol. The average molecular weight is 178 g/mol. The van der Waals surface area contributed by atoms with Crippen molar-refractivity contribution in [3.05, 3.63) is 11.7 Å². The van der Waals surface area contributed by atoms with Crippen molar-refractivity contribution in [1.29, 1.82) is 0 Å². The first-order valence-electron chi connectivity index (χ1n) is 5.15. The van der Waals surface area contributed by atoms with Gasteiger partial charge in [-0.3, -0.25) is 0 Å². The van der Waals surface area contributed by atoms with Crippen LogP contribution in [0.1, 0.15) is 43.8 Å². The van der Waals surface area contributed by atoms with Crippen LogP contribution in [0.15, 0.2) is 4.52 Å². The molecule has 0 bridgehead atoms. The summed E-state index contributed by atoms with van der Waals surface area (Å²) in [5, 5.41) is 4.02. The van der Waals surface area contributed by atoms with E-state index < -0.39 is 0 Å². The minimum atomic E-state index is 0.594. The lowest BCUT2D eigenvalue weighted by Gasteiger charge is -1.86. The van der Waals surface area contributed by atoms with Crippen molar-refractivity contribution in [1.82, 2.24) is 10.1 Å². The van der Waals surface area contributed by atoms with E-state index in [1.165, 1.54) is 19.3 Å². The van der Waals surface area contributed by atoms with Crippen LogP contribution >= 0.6 is 0 Å². The van der Waals surface area contributed by atoms with E-state index in [-0.39, 0.29) is 0 Å². The largest absolute Gasteiger partial charge is 0.339 e. The van der Waals surface area contributed by atoms with Gasteiger partial charge in [-0.05, 0) is 31.1 Å².